The number of anilines is 1. The van der Waals surface area contributed by atoms with Crippen LogP contribution >= 0.6 is 0 Å². The molecule has 0 atom stereocenters. The Bertz CT molecular complexity index is 384. The van der Waals surface area contributed by atoms with Gasteiger partial charge in [0.1, 0.15) is 0 Å². The van der Waals surface area contributed by atoms with Gasteiger partial charge < -0.3 is 10.1 Å². The second kappa shape index (κ2) is 6.28. The first-order valence-electron chi connectivity index (χ1n) is 6.08. The molecule has 0 aliphatic carbocycles. The van der Waals surface area contributed by atoms with E-state index >= 15 is 0 Å². The first kappa shape index (κ1) is 13.6. The number of carbonyl (C=O) groups excluding carboxylic acids is 1. The highest BCUT2D eigenvalue weighted by Crippen LogP contribution is 2.21. The number of nitrogens with one attached hydrogen (secondary N) is 1. The topological polar surface area (TPSA) is 38.3 Å². The quantitative estimate of drug-likeness (QED) is 0.795. The average Bonchev–Trinajstić information content (AvgIpc) is 2.36. The molecule has 0 heterocycles. The molecule has 1 aromatic carbocycles. The van der Waals surface area contributed by atoms with E-state index in [1.165, 1.54) is 7.11 Å². The van der Waals surface area contributed by atoms with Crippen molar-refractivity contribution in [3.8, 4) is 0 Å². The van der Waals surface area contributed by atoms with E-state index < -0.39 is 0 Å². The summed E-state index contributed by atoms with van der Waals surface area (Å²) in [6.07, 6.45) is 2.14. The third-order valence-electron chi connectivity index (χ3n) is 3.08. The maximum Gasteiger partial charge on any atom is 0.338 e. The lowest BCUT2D eigenvalue weighted by Crippen LogP contribution is -2.18. The van der Waals surface area contributed by atoms with Crippen LogP contribution in [0, 0.1) is 6.92 Å². The molecule has 0 aliphatic rings. The normalized spacial score (nSPS) is 10.4. The van der Waals surface area contributed by atoms with Crippen molar-refractivity contribution in [2.75, 3.05) is 12.4 Å². The summed E-state index contributed by atoms with van der Waals surface area (Å²) in [4.78, 5) is 11.6. The van der Waals surface area contributed by atoms with Gasteiger partial charge in [0.2, 0.25) is 0 Å². The summed E-state index contributed by atoms with van der Waals surface area (Å²) in [7, 11) is 1.41. The number of carbonyl (C=O) groups is 1. The van der Waals surface area contributed by atoms with Crippen molar-refractivity contribution in [2.45, 2.75) is 39.7 Å². The Hall–Kier alpha value is -1.51. The molecule has 0 saturated heterocycles. The van der Waals surface area contributed by atoms with Crippen LogP contribution in [0.4, 0.5) is 5.69 Å². The van der Waals surface area contributed by atoms with Crippen LogP contribution in [-0.4, -0.2) is 19.1 Å². The third kappa shape index (κ3) is 3.22. The minimum Gasteiger partial charge on any atom is -0.465 e. The van der Waals surface area contributed by atoms with Crippen molar-refractivity contribution in [3.05, 3.63) is 29.3 Å². The van der Waals surface area contributed by atoms with E-state index in [1.54, 1.807) is 6.07 Å². The summed E-state index contributed by atoms with van der Waals surface area (Å²) in [5, 5.41) is 3.46. The van der Waals surface area contributed by atoms with Gasteiger partial charge in [-0.15, -0.1) is 0 Å². The van der Waals surface area contributed by atoms with Crippen molar-refractivity contribution < 1.29 is 9.53 Å². The van der Waals surface area contributed by atoms with Gasteiger partial charge in [0.05, 0.1) is 12.7 Å². The smallest absolute Gasteiger partial charge is 0.338 e. The molecule has 1 aromatic rings. The first-order chi connectivity index (χ1) is 8.13. The Labute approximate surface area is 103 Å². The Morgan fingerprint density at radius 1 is 1.35 bits per heavy atom. The monoisotopic (exact) mass is 235 g/mol. The Morgan fingerprint density at radius 2 is 2.00 bits per heavy atom. The molecule has 0 fully saturated rings. The van der Waals surface area contributed by atoms with Crippen LogP contribution in [0.3, 0.4) is 0 Å². The van der Waals surface area contributed by atoms with Crippen molar-refractivity contribution >= 4 is 11.7 Å². The zero-order chi connectivity index (χ0) is 12.8. The second-order valence-corrected chi connectivity index (χ2v) is 4.13. The maximum atomic E-state index is 11.6. The van der Waals surface area contributed by atoms with Crippen LogP contribution in [-0.2, 0) is 4.74 Å². The summed E-state index contributed by atoms with van der Waals surface area (Å²) >= 11 is 0. The zero-order valence-electron chi connectivity index (χ0n) is 11.0. The maximum absolute atomic E-state index is 11.6. The van der Waals surface area contributed by atoms with E-state index in [0.717, 1.165) is 24.1 Å². The molecule has 0 radical (unpaired) electrons. The van der Waals surface area contributed by atoms with E-state index in [-0.39, 0.29) is 5.97 Å². The zero-order valence-corrected chi connectivity index (χ0v) is 11.0. The van der Waals surface area contributed by atoms with Crippen LogP contribution < -0.4 is 5.32 Å². The summed E-state index contributed by atoms with van der Waals surface area (Å²) in [5.74, 6) is -0.282. The van der Waals surface area contributed by atoms with E-state index in [9.17, 15) is 4.79 Å². The molecule has 0 bridgehead atoms. The largest absolute Gasteiger partial charge is 0.465 e. The summed E-state index contributed by atoms with van der Waals surface area (Å²) in [6.45, 7) is 6.25. The third-order valence-corrected chi connectivity index (χ3v) is 3.08. The number of esters is 1. The molecule has 17 heavy (non-hydrogen) atoms. The Morgan fingerprint density at radius 3 is 2.53 bits per heavy atom. The van der Waals surface area contributed by atoms with Gasteiger partial charge in [-0.3, -0.25) is 0 Å². The molecule has 0 saturated carbocycles. The highest BCUT2D eigenvalue weighted by molar-refractivity contribution is 5.92. The minimum atomic E-state index is -0.282. The average molecular weight is 235 g/mol. The van der Waals surface area contributed by atoms with Crippen LogP contribution in [0.5, 0.6) is 0 Å². The summed E-state index contributed by atoms with van der Waals surface area (Å²) in [6, 6.07) is 6.12. The number of hydrogen-bond donors (Lipinski definition) is 1. The lowest BCUT2D eigenvalue weighted by Gasteiger charge is -2.19. The van der Waals surface area contributed by atoms with Gasteiger partial charge in [0.15, 0.2) is 0 Å². The number of ether oxygens (including phenoxy) is 1. The predicted molar refractivity (Wildman–Crippen MR) is 70.5 cm³/mol. The summed E-state index contributed by atoms with van der Waals surface area (Å²) < 4.78 is 4.76. The highest BCUT2D eigenvalue weighted by Gasteiger charge is 2.13. The molecule has 3 nitrogen and oxygen atoms in total. The van der Waals surface area contributed by atoms with E-state index in [2.05, 4.69) is 19.2 Å². The van der Waals surface area contributed by atoms with Gasteiger partial charge in [-0.2, -0.15) is 0 Å². The second-order valence-electron chi connectivity index (χ2n) is 4.13. The van der Waals surface area contributed by atoms with E-state index in [4.69, 9.17) is 4.74 Å². The molecule has 0 aromatic heterocycles. The number of rotatable bonds is 5. The van der Waals surface area contributed by atoms with Crippen molar-refractivity contribution in [3.63, 3.8) is 0 Å². The highest BCUT2D eigenvalue weighted by atomic mass is 16.5. The molecular weight excluding hydrogens is 214 g/mol. The number of hydrogen-bond acceptors (Lipinski definition) is 3. The standard InChI is InChI=1S/C14H21NO2/c1-5-11(6-2)15-13-9-7-8-12(10(13)3)14(16)17-4/h7-9,11,15H,5-6H2,1-4H3. The fourth-order valence-electron chi connectivity index (χ4n) is 1.84. The lowest BCUT2D eigenvalue weighted by atomic mass is 10.1. The molecular formula is C14H21NO2. The minimum absolute atomic E-state index is 0.282. The fraction of sp³-hybridized carbons (Fsp3) is 0.500. The van der Waals surface area contributed by atoms with Gasteiger partial charge in [-0.1, -0.05) is 19.9 Å². The lowest BCUT2D eigenvalue weighted by molar-refractivity contribution is 0.0600. The van der Waals surface area contributed by atoms with Crippen molar-refractivity contribution in [2.24, 2.45) is 0 Å². The predicted octanol–water partition coefficient (Wildman–Crippen LogP) is 3.38. The molecule has 1 N–H and O–H groups in total. The first-order valence-corrected chi connectivity index (χ1v) is 6.08. The summed E-state index contributed by atoms with van der Waals surface area (Å²) in [5.41, 5.74) is 2.59. The van der Waals surface area contributed by atoms with Crippen molar-refractivity contribution in [1.29, 1.82) is 0 Å². The molecule has 0 spiro atoms. The molecule has 94 valence electrons. The van der Waals surface area contributed by atoms with Gasteiger partial charge in [-0.25, -0.2) is 4.79 Å². The molecule has 0 aliphatic heterocycles. The van der Waals surface area contributed by atoms with Gasteiger partial charge in [0.25, 0.3) is 0 Å². The van der Waals surface area contributed by atoms with E-state index in [0.29, 0.717) is 11.6 Å². The van der Waals surface area contributed by atoms with Crippen molar-refractivity contribution in [1.82, 2.24) is 0 Å². The van der Waals surface area contributed by atoms with Gasteiger partial charge in [-0.05, 0) is 37.5 Å². The van der Waals surface area contributed by atoms with E-state index in [1.807, 2.05) is 19.1 Å². The fourth-order valence-corrected chi connectivity index (χ4v) is 1.84. The SMILES string of the molecule is CCC(CC)Nc1cccc(C(=O)OC)c1C. The Balaban J connectivity index is 2.97. The van der Waals surface area contributed by atoms with Crippen LogP contribution in [0.1, 0.15) is 42.6 Å². The molecule has 3 heteroatoms. The van der Waals surface area contributed by atoms with Crippen LogP contribution in [0.15, 0.2) is 18.2 Å². The van der Waals surface area contributed by atoms with Crippen LogP contribution in [0.2, 0.25) is 0 Å². The molecule has 0 unspecified atom stereocenters. The molecule has 1 rings (SSSR count). The van der Waals surface area contributed by atoms with Gasteiger partial charge >= 0.3 is 5.97 Å². The number of benzene rings is 1. The molecule has 0 amide bonds. The van der Waals surface area contributed by atoms with Gasteiger partial charge in [0, 0.05) is 11.7 Å². The Kier molecular flexibility index (Phi) is 5.01. The number of methoxy groups -OCH3 is 1. The van der Waals surface area contributed by atoms with Crippen LogP contribution in [0.25, 0.3) is 0 Å².